The van der Waals surface area contributed by atoms with Gasteiger partial charge in [-0.15, -0.1) is 0 Å². The van der Waals surface area contributed by atoms with Gasteiger partial charge in [-0.1, -0.05) is 0 Å². The van der Waals surface area contributed by atoms with Crippen LogP contribution in [0.3, 0.4) is 0 Å². The summed E-state index contributed by atoms with van der Waals surface area (Å²) in [5, 5.41) is 0. The molecule has 0 aromatic rings. The summed E-state index contributed by atoms with van der Waals surface area (Å²) in [6.07, 6.45) is 2.28. The number of carbonyl (C=O) groups is 1. The van der Waals surface area contributed by atoms with E-state index in [9.17, 15) is 4.79 Å². The SMILES string of the molecule is CN(C)C1CCN(CC(N)=O)CC1. The maximum absolute atomic E-state index is 10.7. The number of likely N-dealkylation sites (tertiary alicyclic amines) is 1. The number of nitrogens with zero attached hydrogens (tertiary/aromatic N) is 2. The molecular formula is C9H19N3O. The van der Waals surface area contributed by atoms with Gasteiger partial charge in [-0.25, -0.2) is 0 Å². The zero-order valence-corrected chi connectivity index (χ0v) is 8.49. The monoisotopic (exact) mass is 185 g/mol. The van der Waals surface area contributed by atoms with Gasteiger partial charge in [-0.3, -0.25) is 9.69 Å². The van der Waals surface area contributed by atoms with Gasteiger partial charge in [0, 0.05) is 19.1 Å². The highest BCUT2D eigenvalue weighted by Gasteiger charge is 2.20. The summed E-state index contributed by atoms with van der Waals surface area (Å²) in [4.78, 5) is 15.0. The van der Waals surface area contributed by atoms with Crippen LogP contribution in [0.5, 0.6) is 0 Å². The summed E-state index contributed by atoms with van der Waals surface area (Å²) in [5.74, 6) is -0.219. The molecule has 76 valence electrons. The molecule has 0 atom stereocenters. The predicted octanol–water partition coefficient (Wildman–Crippen LogP) is -0.502. The molecule has 1 rings (SSSR count). The number of carbonyl (C=O) groups excluding carboxylic acids is 1. The van der Waals surface area contributed by atoms with Gasteiger partial charge in [0.15, 0.2) is 0 Å². The van der Waals surface area contributed by atoms with E-state index in [0.29, 0.717) is 12.6 Å². The van der Waals surface area contributed by atoms with Crippen molar-refractivity contribution in [1.29, 1.82) is 0 Å². The summed E-state index contributed by atoms with van der Waals surface area (Å²) >= 11 is 0. The zero-order chi connectivity index (χ0) is 9.84. The van der Waals surface area contributed by atoms with E-state index in [1.165, 1.54) is 0 Å². The highest BCUT2D eigenvalue weighted by molar-refractivity contribution is 5.75. The lowest BCUT2D eigenvalue weighted by Gasteiger charge is -2.34. The van der Waals surface area contributed by atoms with E-state index < -0.39 is 0 Å². The molecular weight excluding hydrogens is 166 g/mol. The lowest BCUT2D eigenvalue weighted by molar-refractivity contribution is -0.119. The van der Waals surface area contributed by atoms with Crippen LogP contribution < -0.4 is 5.73 Å². The first-order chi connectivity index (χ1) is 6.09. The molecule has 1 heterocycles. The normalized spacial score (nSPS) is 20.8. The van der Waals surface area contributed by atoms with Crippen molar-refractivity contribution in [3.63, 3.8) is 0 Å². The standard InChI is InChI=1S/C9H19N3O/c1-11(2)8-3-5-12(6-4-8)7-9(10)13/h8H,3-7H2,1-2H3,(H2,10,13). The molecule has 1 saturated heterocycles. The molecule has 1 aliphatic heterocycles. The Bertz CT molecular complexity index is 174. The van der Waals surface area contributed by atoms with Crippen molar-refractivity contribution >= 4 is 5.91 Å². The molecule has 0 unspecified atom stereocenters. The van der Waals surface area contributed by atoms with Crippen LogP contribution in [-0.2, 0) is 4.79 Å². The van der Waals surface area contributed by atoms with Gasteiger partial charge in [0.2, 0.25) is 5.91 Å². The third-order valence-electron chi connectivity index (χ3n) is 2.67. The Hall–Kier alpha value is -0.610. The quantitative estimate of drug-likeness (QED) is 0.645. The summed E-state index contributed by atoms with van der Waals surface area (Å²) in [7, 11) is 4.21. The van der Waals surface area contributed by atoms with E-state index in [1.807, 2.05) is 0 Å². The molecule has 0 radical (unpaired) electrons. The number of nitrogens with two attached hydrogens (primary N) is 1. The van der Waals surface area contributed by atoms with Crippen LogP contribution in [-0.4, -0.2) is 55.5 Å². The largest absolute Gasteiger partial charge is 0.369 e. The van der Waals surface area contributed by atoms with Crippen molar-refractivity contribution in [2.24, 2.45) is 5.73 Å². The minimum atomic E-state index is -0.219. The molecule has 0 aromatic carbocycles. The minimum absolute atomic E-state index is 0.219. The molecule has 4 nitrogen and oxygen atoms in total. The molecule has 0 spiro atoms. The van der Waals surface area contributed by atoms with Crippen molar-refractivity contribution in [3.8, 4) is 0 Å². The van der Waals surface area contributed by atoms with Crippen LogP contribution in [0.25, 0.3) is 0 Å². The molecule has 13 heavy (non-hydrogen) atoms. The topological polar surface area (TPSA) is 49.6 Å². The third-order valence-corrected chi connectivity index (χ3v) is 2.67. The molecule has 0 aliphatic carbocycles. The van der Waals surface area contributed by atoms with Crippen LogP contribution in [0.15, 0.2) is 0 Å². The van der Waals surface area contributed by atoms with E-state index in [4.69, 9.17) is 5.73 Å². The molecule has 4 heteroatoms. The zero-order valence-electron chi connectivity index (χ0n) is 8.49. The van der Waals surface area contributed by atoms with E-state index in [1.54, 1.807) is 0 Å². The van der Waals surface area contributed by atoms with Crippen molar-refractivity contribution in [3.05, 3.63) is 0 Å². The van der Waals surface area contributed by atoms with Gasteiger partial charge in [-0.05, 0) is 26.9 Å². The number of hydrogen-bond acceptors (Lipinski definition) is 3. The lowest BCUT2D eigenvalue weighted by Crippen LogP contribution is -2.44. The van der Waals surface area contributed by atoms with Crippen molar-refractivity contribution in [1.82, 2.24) is 9.80 Å². The van der Waals surface area contributed by atoms with Crippen LogP contribution >= 0.6 is 0 Å². The second-order valence-electron chi connectivity index (χ2n) is 3.94. The molecule has 2 N–H and O–H groups in total. The minimum Gasteiger partial charge on any atom is -0.369 e. The summed E-state index contributed by atoms with van der Waals surface area (Å²) < 4.78 is 0. The number of primary amides is 1. The second kappa shape index (κ2) is 4.58. The van der Waals surface area contributed by atoms with Crippen molar-refractivity contribution < 1.29 is 4.79 Å². The molecule has 0 bridgehead atoms. The Balaban J connectivity index is 2.26. The van der Waals surface area contributed by atoms with Crippen LogP contribution in [0.4, 0.5) is 0 Å². The smallest absolute Gasteiger partial charge is 0.231 e. The highest BCUT2D eigenvalue weighted by atomic mass is 16.1. The molecule has 0 saturated carbocycles. The maximum atomic E-state index is 10.7. The Labute approximate surface area is 79.7 Å². The number of piperidine rings is 1. The van der Waals surface area contributed by atoms with Gasteiger partial charge < -0.3 is 10.6 Å². The van der Waals surface area contributed by atoms with Crippen molar-refractivity contribution in [2.45, 2.75) is 18.9 Å². The van der Waals surface area contributed by atoms with Gasteiger partial charge in [0.25, 0.3) is 0 Å². The van der Waals surface area contributed by atoms with Gasteiger partial charge in [0.05, 0.1) is 6.54 Å². The number of amides is 1. The summed E-state index contributed by atoms with van der Waals surface area (Å²) in [6.45, 7) is 2.40. The molecule has 0 aromatic heterocycles. The highest BCUT2D eigenvalue weighted by Crippen LogP contribution is 2.13. The Morgan fingerprint density at radius 1 is 1.46 bits per heavy atom. The first-order valence-electron chi connectivity index (χ1n) is 4.76. The fourth-order valence-electron chi connectivity index (χ4n) is 1.81. The summed E-state index contributed by atoms with van der Waals surface area (Å²) in [5.41, 5.74) is 5.13. The van der Waals surface area contributed by atoms with Crippen LogP contribution in [0.2, 0.25) is 0 Å². The lowest BCUT2D eigenvalue weighted by atomic mass is 10.0. The summed E-state index contributed by atoms with van der Waals surface area (Å²) in [6, 6.07) is 0.670. The van der Waals surface area contributed by atoms with Crippen molar-refractivity contribution in [2.75, 3.05) is 33.7 Å². The van der Waals surface area contributed by atoms with E-state index in [0.717, 1.165) is 25.9 Å². The second-order valence-corrected chi connectivity index (χ2v) is 3.94. The molecule has 1 aliphatic rings. The third kappa shape index (κ3) is 3.32. The fourth-order valence-corrected chi connectivity index (χ4v) is 1.81. The molecule has 1 fully saturated rings. The first-order valence-corrected chi connectivity index (χ1v) is 4.76. The van der Waals surface area contributed by atoms with E-state index in [-0.39, 0.29) is 5.91 Å². The van der Waals surface area contributed by atoms with Gasteiger partial charge in [-0.2, -0.15) is 0 Å². The Morgan fingerprint density at radius 2 is 2.00 bits per heavy atom. The molecule has 1 amide bonds. The average molecular weight is 185 g/mol. The number of rotatable bonds is 3. The number of hydrogen-bond donors (Lipinski definition) is 1. The Morgan fingerprint density at radius 3 is 2.38 bits per heavy atom. The predicted molar refractivity (Wildman–Crippen MR) is 52.3 cm³/mol. The maximum Gasteiger partial charge on any atom is 0.231 e. The van der Waals surface area contributed by atoms with Gasteiger partial charge >= 0.3 is 0 Å². The average Bonchev–Trinajstić information content (AvgIpc) is 2.04. The van der Waals surface area contributed by atoms with Gasteiger partial charge in [0.1, 0.15) is 0 Å². The van der Waals surface area contributed by atoms with E-state index in [2.05, 4.69) is 23.9 Å². The fraction of sp³-hybridized carbons (Fsp3) is 0.889. The Kier molecular flexibility index (Phi) is 3.69. The van der Waals surface area contributed by atoms with E-state index >= 15 is 0 Å². The first kappa shape index (κ1) is 10.5. The van der Waals surface area contributed by atoms with Crippen LogP contribution in [0.1, 0.15) is 12.8 Å². The van der Waals surface area contributed by atoms with Crippen LogP contribution in [0, 0.1) is 0 Å².